The van der Waals surface area contributed by atoms with Crippen LogP contribution in [0.15, 0.2) is 65.1 Å². The number of aryl methyl sites for hydroxylation is 1. The van der Waals surface area contributed by atoms with E-state index in [1.54, 1.807) is 30.9 Å². The number of carbonyl (C=O) groups excluding carboxylic acids is 1. The fourth-order valence-electron chi connectivity index (χ4n) is 3.85. The molecular weight excluding hydrogens is 402 g/mol. The number of anilines is 1. The highest BCUT2D eigenvalue weighted by Gasteiger charge is 2.20. The summed E-state index contributed by atoms with van der Waals surface area (Å²) in [7, 11) is 1.75. The van der Waals surface area contributed by atoms with Gasteiger partial charge in [0.2, 0.25) is 0 Å². The number of benzene rings is 2. The summed E-state index contributed by atoms with van der Waals surface area (Å²) in [5.41, 5.74) is 3.87. The number of fused-ring (bicyclic) bond motifs is 1. The molecule has 2 aromatic heterocycles. The summed E-state index contributed by atoms with van der Waals surface area (Å²) in [5, 5.41) is 13.2. The predicted molar refractivity (Wildman–Crippen MR) is 126 cm³/mol. The molecule has 160 valence electrons. The van der Waals surface area contributed by atoms with Crippen LogP contribution in [-0.2, 0) is 18.3 Å². The second kappa shape index (κ2) is 8.44. The maximum Gasteiger partial charge on any atom is 0.295 e. The number of para-hydroxylation sites is 2. The van der Waals surface area contributed by atoms with E-state index >= 15 is 0 Å². The molecule has 0 spiro atoms. The Morgan fingerprint density at radius 3 is 2.62 bits per heavy atom. The van der Waals surface area contributed by atoms with Gasteiger partial charge in [-0.2, -0.15) is 5.26 Å². The van der Waals surface area contributed by atoms with E-state index in [2.05, 4.69) is 17.2 Å². The highest BCUT2D eigenvalue weighted by molar-refractivity contribution is 6.11. The van der Waals surface area contributed by atoms with Gasteiger partial charge in [-0.25, -0.2) is 4.68 Å². The number of nitrogens with zero attached hydrogens (tertiary/aromatic N) is 3. The second-order valence-corrected chi connectivity index (χ2v) is 7.50. The quantitative estimate of drug-likeness (QED) is 0.373. The van der Waals surface area contributed by atoms with Crippen molar-refractivity contribution in [2.75, 3.05) is 5.32 Å². The number of hydrogen-bond acceptors (Lipinski definition) is 3. The zero-order chi connectivity index (χ0) is 22.8. The van der Waals surface area contributed by atoms with E-state index in [4.69, 9.17) is 0 Å². The van der Waals surface area contributed by atoms with Gasteiger partial charge in [-0.3, -0.25) is 14.3 Å². The molecule has 7 nitrogen and oxygen atoms in total. The third kappa shape index (κ3) is 3.52. The monoisotopic (exact) mass is 425 g/mol. The van der Waals surface area contributed by atoms with Crippen molar-refractivity contribution < 1.29 is 4.79 Å². The minimum atomic E-state index is -0.625. The summed E-state index contributed by atoms with van der Waals surface area (Å²) >= 11 is 0. The topological polar surface area (TPSA) is 95.6 Å². The van der Waals surface area contributed by atoms with Gasteiger partial charge in [0.05, 0.1) is 11.4 Å². The predicted octanol–water partition coefficient (Wildman–Crippen LogP) is 4.07. The summed E-state index contributed by atoms with van der Waals surface area (Å²) in [6, 6.07) is 17.1. The molecule has 2 heterocycles. The average Bonchev–Trinajstić information content (AvgIpc) is 3.32. The lowest BCUT2D eigenvalue weighted by Gasteiger charge is -2.07. The van der Waals surface area contributed by atoms with E-state index < -0.39 is 5.91 Å². The number of nitriles is 1. The SMILES string of the molecule is CCc1cccc2c(/C=C(\C#N)C(=O)Nc3c(C)n(C)n(-c4ccccc4)c3=O)c[nH]c12. The van der Waals surface area contributed by atoms with Crippen molar-refractivity contribution in [2.24, 2.45) is 7.05 Å². The number of hydrogen-bond donors (Lipinski definition) is 2. The van der Waals surface area contributed by atoms with E-state index in [0.29, 0.717) is 11.4 Å². The largest absolute Gasteiger partial charge is 0.360 e. The minimum Gasteiger partial charge on any atom is -0.360 e. The summed E-state index contributed by atoms with van der Waals surface area (Å²) in [5.74, 6) is -0.625. The molecule has 1 amide bonds. The molecule has 4 aromatic rings. The number of amides is 1. The summed E-state index contributed by atoms with van der Waals surface area (Å²) in [6.07, 6.45) is 4.19. The van der Waals surface area contributed by atoms with Gasteiger partial charge < -0.3 is 10.3 Å². The van der Waals surface area contributed by atoms with Crippen molar-refractivity contribution >= 4 is 28.6 Å². The molecule has 0 bridgehead atoms. The van der Waals surface area contributed by atoms with Gasteiger partial charge in [-0.15, -0.1) is 0 Å². The first-order valence-electron chi connectivity index (χ1n) is 10.3. The van der Waals surface area contributed by atoms with Crippen molar-refractivity contribution in [3.63, 3.8) is 0 Å². The molecule has 0 aliphatic heterocycles. The third-order valence-corrected chi connectivity index (χ3v) is 5.67. The lowest BCUT2D eigenvalue weighted by molar-refractivity contribution is -0.112. The molecule has 0 radical (unpaired) electrons. The molecule has 32 heavy (non-hydrogen) atoms. The summed E-state index contributed by atoms with van der Waals surface area (Å²) < 4.78 is 3.15. The zero-order valence-corrected chi connectivity index (χ0v) is 18.1. The molecule has 7 heteroatoms. The third-order valence-electron chi connectivity index (χ3n) is 5.67. The Balaban J connectivity index is 1.70. The van der Waals surface area contributed by atoms with Gasteiger partial charge in [-0.1, -0.05) is 43.3 Å². The molecule has 0 unspecified atom stereocenters. The van der Waals surface area contributed by atoms with Crippen LogP contribution >= 0.6 is 0 Å². The zero-order valence-electron chi connectivity index (χ0n) is 18.1. The van der Waals surface area contributed by atoms with E-state index in [1.807, 2.05) is 54.6 Å². The Morgan fingerprint density at radius 2 is 1.94 bits per heavy atom. The molecule has 0 atom stereocenters. The standard InChI is InChI=1S/C25H23N5O2/c1-4-17-9-8-12-21-19(15-27-23(17)21)13-18(14-26)24(31)28-22-16(2)29(3)30(25(22)32)20-10-6-5-7-11-20/h5-13,15,27H,4H2,1-3H3,(H,28,31)/b18-13+. The first-order chi connectivity index (χ1) is 15.5. The molecular formula is C25H23N5O2. The number of aromatic amines is 1. The van der Waals surface area contributed by atoms with Gasteiger partial charge in [0.1, 0.15) is 17.3 Å². The van der Waals surface area contributed by atoms with Crippen molar-refractivity contribution in [2.45, 2.75) is 20.3 Å². The van der Waals surface area contributed by atoms with E-state index in [9.17, 15) is 14.9 Å². The van der Waals surface area contributed by atoms with Crippen molar-refractivity contribution in [3.8, 4) is 11.8 Å². The average molecular weight is 425 g/mol. The van der Waals surface area contributed by atoms with Gasteiger partial charge in [0.15, 0.2) is 0 Å². The van der Waals surface area contributed by atoms with Crippen LogP contribution in [0.5, 0.6) is 0 Å². The number of rotatable bonds is 5. The van der Waals surface area contributed by atoms with Crippen LogP contribution < -0.4 is 10.9 Å². The minimum absolute atomic E-state index is 0.0817. The lowest BCUT2D eigenvalue weighted by Crippen LogP contribution is -2.23. The van der Waals surface area contributed by atoms with E-state index in [-0.39, 0.29) is 16.8 Å². The fraction of sp³-hybridized carbons (Fsp3) is 0.160. The van der Waals surface area contributed by atoms with Gasteiger partial charge in [-0.05, 0) is 37.1 Å². The van der Waals surface area contributed by atoms with E-state index in [1.165, 1.54) is 4.68 Å². The molecule has 0 aliphatic carbocycles. The molecule has 2 N–H and O–H groups in total. The highest BCUT2D eigenvalue weighted by atomic mass is 16.2. The van der Waals surface area contributed by atoms with Crippen LogP contribution in [0.25, 0.3) is 22.7 Å². The fourth-order valence-corrected chi connectivity index (χ4v) is 3.85. The Labute approximate surface area is 185 Å². The van der Waals surface area contributed by atoms with Crippen LogP contribution in [0.2, 0.25) is 0 Å². The van der Waals surface area contributed by atoms with Crippen LogP contribution in [0.1, 0.15) is 23.7 Å². The normalized spacial score (nSPS) is 11.5. The molecule has 0 fully saturated rings. The summed E-state index contributed by atoms with van der Waals surface area (Å²) in [6.45, 7) is 3.82. The second-order valence-electron chi connectivity index (χ2n) is 7.50. The Bertz CT molecular complexity index is 1450. The van der Waals surface area contributed by atoms with Crippen LogP contribution in [-0.4, -0.2) is 20.3 Å². The van der Waals surface area contributed by atoms with Gasteiger partial charge >= 0.3 is 0 Å². The molecule has 0 saturated carbocycles. The maximum absolute atomic E-state index is 13.0. The van der Waals surface area contributed by atoms with E-state index in [0.717, 1.165) is 28.5 Å². The van der Waals surface area contributed by atoms with Crippen LogP contribution in [0, 0.1) is 18.3 Å². The van der Waals surface area contributed by atoms with Crippen molar-refractivity contribution in [3.05, 3.63) is 87.5 Å². The molecule has 4 rings (SSSR count). The number of nitrogens with one attached hydrogen (secondary N) is 2. The van der Waals surface area contributed by atoms with Crippen molar-refractivity contribution in [1.29, 1.82) is 5.26 Å². The number of H-pyrrole nitrogens is 1. The maximum atomic E-state index is 13.0. The smallest absolute Gasteiger partial charge is 0.295 e. The Morgan fingerprint density at radius 1 is 1.19 bits per heavy atom. The molecule has 0 aliphatic rings. The number of carbonyl (C=O) groups is 1. The van der Waals surface area contributed by atoms with Crippen LogP contribution in [0.3, 0.4) is 0 Å². The molecule has 0 saturated heterocycles. The van der Waals surface area contributed by atoms with Crippen LogP contribution in [0.4, 0.5) is 5.69 Å². The Hall–Kier alpha value is -4.31. The molecule has 2 aromatic carbocycles. The van der Waals surface area contributed by atoms with Gasteiger partial charge in [0.25, 0.3) is 11.5 Å². The Kier molecular flexibility index (Phi) is 5.52. The summed E-state index contributed by atoms with van der Waals surface area (Å²) in [4.78, 5) is 29.2. The highest BCUT2D eigenvalue weighted by Crippen LogP contribution is 2.24. The van der Waals surface area contributed by atoms with Gasteiger partial charge in [0, 0.05) is 29.7 Å². The lowest BCUT2D eigenvalue weighted by atomic mass is 10.1. The first-order valence-corrected chi connectivity index (χ1v) is 10.3. The van der Waals surface area contributed by atoms with Crippen molar-refractivity contribution in [1.82, 2.24) is 14.3 Å². The first kappa shape index (κ1) is 20.9. The number of aromatic nitrogens is 3.